The molecule has 0 aliphatic rings. The lowest BCUT2D eigenvalue weighted by Crippen LogP contribution is -2.11. The maximum atomic E-state index is 6.02. The molecule has 4 nitrogen and oxygen atoms in total. The zero-order valence-corrected chi connectivity index (χ0v) is 15.9. The molecule has 0 amide bonds. The molecular weight excluding hydrogens is 336 g/mol. The van der Waals surface area contributed by atoms with Crippen LogP contribution in [0.15, 0.2) is 36.4 Å². The molecule has 2 aromatic carbocycles. The van der Waals surface area contributed by atoms with Crippen LogP contribution in [0.3, 0.4) is 0 Å². The van der Waals surface area contributed by atoms with Gasteiger partial charge in [-0.15, -0.1) is 0 Å². The van der Waals surface area contributed by atoms with Gasteiger partial charge in [-0.05, 0) is 49.6 Å². The van der Waals surface area contributed by atoms with E-state index in [4.69, 9.17) is 31.2 Å². The van der Waals surface area contributed by atoms with Gasteiger partial charge in [0.1, 0.15) is 23.9 Å². The molecule has 0 fully saturated rings. The van der Waals surface area contributed by atoms with E-state index < -0.39 is 0 Å². The molecule has 2 aromatic rings. The Labute approximate surface area is 154 Å². The number of methoxy groups -OCH3 is 1. The SMILES string of the molecule is CCOc1cccc(OC(=S)OC)c1COc1ccc(CC)cc1C. The summed E-state index contributed by atoms with van der Waals surface area (Å²) in [5, 5.41) is 0.0541. The normalized spacial score (nSPS) is 10.2. The first kappa shape index (κ1) is 19.1. The van der Waals surface area contributed by atoms with E-state index in [0.717, 1.165) is 23.3 Å². The van der Waals surface area contributed by atoms with Crippen LogP contribution in [0.2, 0.25) is 0 Å². The first-order valence-electron chi connectivity index (χ1n) is 8.31. The molecular formula is C20H24O4S. The van der Waals surface area contributed by atoms with Crippen LogP contribution in [0.4, 0.5) is 0 Å². The fourth-order valence-electron chi connectivity index (χ4n) is 2.45. The minimum absolute atomic E-state index is 0.0541. The number of benzene rings is 2. The highest BCUT2D eigenvalue weighted by atomic mass is 32.1. The molecule has 0 unspecified atom stereocenters. The molecule has 134 valence electrons. The van der Waals surface area contributed by atoms with Crippen LogP contribution in [0, 0.1) is 6.92 Å². The fraction of sp³-hybridized carbons (Fsp3) is 0.350. The molecule has 5 heteroatoms. The van der Waals surface area contributed by atoms with E-state index >= 15 is 0 Å². The smallest absolute Gasteiger partial charge is 0.357 e. The van der Waals surface area contributed by atoms with E-state index in [-0.39, 0.29) is 5.24 Å². The first-order valence-corrected chi connectivity index (χ1v) is 8.72. The van der Waals surface area contributed by atoms with Crippen LogP contribution in [0.25, 0.3) is 0 Å². The second-order valence-electron chi connectivity index (χ2n) is 5.46. The number of aryl methyl sites for hydroxylation is 2. The molecule has 2 rings (SSSR count). The summed E-state index contributed by atoms with van der Waals surface area (Å²) in [5.74, 6) is 2.12. The summed E-state index contributed by atoms with van der Waals surface area (Å²) < 4.78 is 22.3. The van der Waals surface area contributed by atoms with Crippen molar-refractivity contribution in [1.82, 2.24) is 0 Å². The maximum absolute atomic E-state index is 6.02. The van der Waals surface area contributed by atoms with Crippen molar-refractivity contribution in [2.45, 2.75) is 33.8 Å². The highest BCUT2D eigenvalue weighted by Gasteiger charge is 2.14. The van der Waals surface area contributed by atoms with Gasteiger partial charge < -0.3 is 18.9 Å². The third kappa shape index (κ3) is 5.10. The van der Waals surface area contributed by atoms with Gasteiger partial charge in [0.15, 0.2) is 0 Å². The second-order valence-corrected chi connectivity index (χ2v) is 5.80. The standard InChI is InChI=1S/C20H24O4S/c1-5-15-10-11-17(14(3)12-15)23-13-16-18(22-6-2)8-7-9-19(16)24-20(25)21-4/h7-12H,5-6,13H2,1-4H3. The third-order valence-electron chi connectivity index (χ3n) is 3.77. The highest BCUT2D eigenvalue weighted by molar-refractivity contribution is 7.79. The Kier molecular flexibility index (Phi) is 7.07. The molecule has 0 aliphatic heterocycles. The third-order valence-corrected chi connectivity index (χ3v) is 4.02. The van der Waals surface area contributed by atoms with Crippen molar-refractivity contribution >= 4 is 17.5 Å². The van der Waals surface area contributed by atoms with E-state index in [1.807, 2.05) is 38.1 Å². The Morgan fingerprint density at radius 2 is 1.76 bits per heavy atom. The molecule has 0 aromatic heterocycles. The number of ether oxygens (including phenoxy) is 4. The summed E-state index contributed by atoms with van der Waals surface area (Å²) in [6, 6.07) is 11.8. The van der Waals surface area contributed by atoms with Crippen molar-refractivity contribution in [1.29, 1.82) is 0 Å². The molecule has 0 aliphatic carbocycles. The van der Waals surface area contributed by atoms with E-state index in [9.17, 15) is 0 Å². The largest absolute Gasteiger partial charge is 0.493 e. The van der Waals surface area contributed by atoms with Gasteiger partial charge in [-0.1, -0.05) is 25.1 Å². The van der Waals surface area contributed by atoms with Gasteiger partial charge in [-0.25, -0.2) is 0 Å². The number of hydrogen-bond acceptors (Lipinski definition) is 5. The summed E-state index contributed by atoms with van der Waals surface area (Å²) in [6.45, 7) is 6.97. The lowest BCUT2D eigenvalue weighted by atomic mass is 10.1. The Balaban J connectivity index is 2.25. The molecule has 0 radical (unpaired) electrons. The molecule has 25 heavy (non-hydrogen) atoms. The molecule has 0 spiro atoms. The lowest BCUT2D eigenvalue weighted by molar-refractivity contribution is 0.272. The molecule has 0 saturated heterocycles. The molecule has 0 atom stereocenters. The summed E-state index contributed by atoms with van der Waals surface area (Å²) in [4.78, 5) is 0. The van der Waals surface area contributed by atoms with Crippen molar-refractivity contribution in [3.63, 3.8) is 0 Å². The highest BCUT2D eigenvalue weighted by Crippen LogP contribution is 2.31. The summed E-state index contributed by atoms with van der Waals surface area (Å²) >= 11 is 5.00. The van der Waals surface area contributed by atoms with Gasteiger partial charge in [0, 0.05) is 12.2 Å². The van der Waals surface area contributed by atoms with Gasteiger partial charge >= 0.3 is 5.24 Å². The Morgan fingerprint density at radius 1 is 1.00 bits per heavy atom. The van der Waals surface area contributed by atoms with Crippen molar-refractivity contribution in [3.05, 3.63) is 53.1 Å². The fourth-order valence-corrected chi connectivity index (χ4v) is 2.54. The van der Waals surface area contributed by atoms with Crippen molar-refractivity contribution in [2.24, 2.45) is 0 Å². The first-order chi connectivity index (χ1) is 12.1. The zero-order chi connectivity index (χ0) is 18.2. The molecule has 0 heterocycles. The summed E-state index contributed by atoms with van der Waals surface area (Å²) in [5.41, 5.74) is 3.18. The van der Waals surface area contributed by atoms with E-state index in [1.54, 1.807) is 0 Å². The average Bonchev–Trinajstić information content (AvgIpc) is 2.62. The zero-order valence-electron chi connectivity index (χ0n) is 15.1. The second kappa shape index (κ2) is 9.28. The van der Waals surface area contributed by atoms with Crippen LogP contribution in [-0.2, 0) is 17.8 Å². The quantitative estimate of drug-likeness (QED) is 0.660. The summed E-state index contributed by atoms with van der Waals surface area (Å²) in [6.07, 6.45) is 1.00. The molecule has 0 N–H and O–H groups in total. The predicted octanol–water partition coefficient (Wildman–Crippen LogP) is 4.85. The van der Waals surface area contributed by atoms with Crippen LogP contribution in [0.5, 0.6) is 17.2 Å². The Hall–Kier alpha value is -2.27. The average molecular weight is 360 g/mol. The molecule has 0 bridgehead atoms. The van der Waals surface area contributed by atoms with E-state index in [2.05, 4.69) is 19.1 Å². The Bertz CT molecular complexity index is 728. The topological polar surface area (TPSA) is 36.9 Å². The monoisotopic (exact) mass is 360 g/mol. The number of thiocarbonyl (C=S) groups is 1. The van der Waals surface area contributed by atoms with Crippen molar-refractivity contribution in [2.75, 3.05) is 13.7 Å². The minimum Gasteiger partial charge on any atom is -0.493 e. The maximum Gasteiger partial charge on any atom is 0.357 e. The van der Waals surface area contributed by atoms with Gasteiger partial charge in [0.2, 0.25) is 0 Å². The van der Waals surface area contributed by atoms with Gasteiger partial charge in [0.05, 0.1) is 19.3 Å². The van der Waals surface area contributed by atoms with Crippen molar-refractivity contribution < 1.29 is 18.9 Å². The van der Waals surface area contributed by atoms with Crippen LogP contribution < -0.4 is 14.2 Å². The van der Waals surface area contributed by atoms with Crippen LogP contribution >= 0.6 is 12.2 Å². The lowest BCUT2D eigenvalue weighted by Gasteiger charge is -2.17. The Morgan fingerprint density at radius 3 is 2.40 bits per heavy atom. The van der Waals surface area contributed by atoms with Crippen LogP contribution in [0.1, 0.15) is 30.5 Å². The number of hydrogen-bond donors (Lipinski definition) is 0. The van der Waals surface area contributed by atoms with Gasteiger partial charge in [-0.3, -0.25) is 0 Å². The van der Waals surface area contributed by atoms with Crippen LogP contribution in [-0.4, -0.2) is 19.0 Å². The van der Waals surface area contributed by atoms with Gasteiger partial charge in [0.25, 0.3) is 0 Å². The predicted molar refractivity (Wildman–Crippen MR) is 103 cm³/mol. The van der Waals surface area contributed by atoms with E-state index in [0.29, 0.717) is 24.7 Å². The molecule has 0 saturated carbocycles. The van der Waals surface area contributed by atoms with E-state index in [1.165, 1.54) is 12.7 Å². The van der Waals surface area contributed by atoms with Crippen molar-refractivity contribution in [3.8, 4) is 17.2 Å². The van der Waals surface area contributed by atoms with Gasteiger partial charge in [-0.2, -0.15) is 0 Å². The summed E-state index contributed by atoms with van der Waals surface area (Å²) in [7, 11) is 1.48. The minimum atomic E-state index is 0.0541. The number of rotatable bonds is 7.